The number of sulfonamides is 1. The Morgan fingerprint density at radius 1 is 1.17 bits per heavy atom. The van der Waals surface area contributed by atoms with E-state index >= 15 is 0 Å². The van der Waals surface area contributed by atoms with Crippen LogP contribution in [0.15, 0.2) is 70.2 Å². The molecule has 0 bridgehead atoms. The van der Waals surface area contributed by atoms with E-state index in [1.54, 1.807) is 24.3 Å². The van der Waals surface area contributed by atoms with Crippen LogP contribution in [0.2, 0.25) is 0 Å². The average Bonchev–Trinajstić information content (AvgIpc) is 3.64. The summed E-state index contributed by atoms with van der Waals surface area (Å²) in [5, 5.41) is 0.310. The van der Waals surface area contributed by atoms with Crippen molar-refractivity contribution in [2.75, 3.05) is 25.1 Å². The Bertz CT molecular complexity index is 1460. The van der Waals surface area contributed by atoms with Crippen LogP contribution < -0.4 is 4.90 Å². The van der Waals surface area contributed by atoms with Crippen LogP contribution in [0.5, 0.6) is 0 Å². The molecular weight excluding hydrogens is 505 g/mol. The van der Waals surface area contributed by atoms with Crippen LogP contribution in [0, 0.1) is 5.82 Å². The molecule has 0 aliphatic carbocycles. The quantitative estimate of drug-likeness (QED) is 0.329. The Balaban J connectivity index is 1.42. The minimum Gasteiger partial charge on any atom is -0.467 e. The zero-order chi connectivity index (χ0) is 25.3. The first-order valence-electron chi connectivity index (χ1n) is 11.4. The van der Waals surface area contributed by atoms with Crippen molar-refractivity contribution in [3.8, 4) is 0 Å². The minimum atomic E-state index is -3.74. The Kier molecular flexibility index (Phi) is 6.89. The van der Waals surface area contributed by atoms with E-state index < -0.39 is 21.7 Å². The van der Waals surface area contributed by atoms with E-state index in [0.717, 1.165) is 12.8 Å². The number of carbonyl (C=O) groups is 1. The number of aromatic nitrogens is 1. The van der Waals surface area contributed by atoms with Gasteiger partial charge in [0.2, 0.25) is 10.0 Å². The number of hydrogen-bond acceptors (Lipinski definition) is 7. The van der Waals surface area contributed by atoms with Gasteiger partial charge in [0.25, 0.3) is 5.91 Å². The normalized spacial score (nSPS) is 16.1. The van der Waals surface area contributed by atoms with Gasteiger partial charge in [-0.15, -0.1) is 0 Å². The summed E-state index contributed by atoms with van der Waals surface area (Å²) < 4.78 is 53.2. The van der Waals surface area contributed by atoms with Crippen LogP contribution in [0.1, 0.15) is 29.0 Å². The van der Waals surface area contributed by atoms with E-state index in [9.17, 15) is 17.6 Å². The van der Waals surface area contributed by atoms with Crippen molar-refractivity contribution >= 4 is 42.6 Å². The number of likely N-dealkylation sites (N-methyl/N-ethyl adjacent to an activating group) is 1. The number of anilines is 1. The highest BCUT2D eigenvalue weighted by atomic mass is 32.2. The molecule has 0 spiro atoms. The highest BCUT2D eigenvalue weighted by molar-refractivity contribution is 7.89. The van der Waals surface area contributed by atoms with Gasteiger partial charge in [-0.3, -0.25) is 9.69 Å². The third-order valence-corrected chi connectivity index (χ3v) is 8.90. The number of amides is 1. The predicted octanol–water partition coefficient (Wildman–Crippen LogP) is 4.67. The molecule has 3 heterocycles. The highest BCUT2D eigenvalue weighted by Crippen LogP contribution is 2.32. The molecule has 11 heteroatoms. The average molecular weight is 530 g/mol. The molecular formula is C25H24FN3O5S2. The second-order valence-electron chi connectivity index (χ2n) is 8.50. The number of thiazole rings is 1. The predicted molar refractivity (Wildman–Crippen MR) is 134 cm³/mol. The zero-order valence-corrected chi connectivity index (χ0v) is 21.1. The molecule has 1 aliphatic heterocycles. The molecule has 1 unspecified atom stereocenters. The Hall–Kier alpha value is -3.12. The molecule has 1 aliphatic rings. The smallest absolute Gasteiger partial charge is 0.260 e. The third-order valence-electron chi connectivity index (χ3n) is 6.02. The number of fused-ring (bicyclic) bond motifs is 1. The molecule has 1 saturated heterocycles. The lowest BCUT2D eigenvalue weighted by Gasteiger charge is -2.21. The summed E-state index contributed by atoms with van der Waals surface area (Å²) in [4.78, 5) is 19.4. The molecule has 36 heavy (non-hydrogen) atoms. The van der Waals surface area contributed by atoms with Gasteiger partial charge in [-0.1, -0.05) is 17.4 Å². The summed E-state index contributed by atoms with van der Waals surface area (Å²) >= 11 is 1.19. The first-order chi connectivity index (χ1) is 17.3. The molecule has 5 rings (SSSR count). The Labute approximate surface area is 212 Å². The molecule has 4 aromatic rings. The lowest BCUT2D eigenvalue weighted by Crippen LogP contribution is -2.34. The number of rotatable bonds is 8. The van der Waals surface area contributed by atoms with Gasteiger partial charge >= 0.3 is 0 Å². The SMILES string of the molecule is CN(CC1CCCO1)S(=O)(=O)c1ccc(C(=O)N(Cc2ccco2)c2nc3c(F)cccc3s2)cc1. The van der Waals surface area contributed by atoms with E-state index in [4.69, 9.17) is 9.15 Å². The molecule has 2 aromatic heterocycles. The van der Waals surface area contributed by atoms with Crippen LogP contribution >= 0.6 is 11.3 Å². The number of halogens is 1. The van der Waals surface area contributed by atoms with E-state index in [2.05, 4.69) is 4.98 Å². The lowest BCUT2D eigenvalue weighted by atomic mass is 10.2. The summed E-state index contributed by atoms with van der Waals surface area (Å²) in [6, 6.07) is 13.9. The largest absolute Gasteiger partial charge is 0.467 e. The topological polar surface area (TPSA) is 93.0 Å². The second-order valence-corrected chi connectivity index (χ2v) is 11.6. The number of benzene rings is 2. The maximum Gasteiger partial charge on any atom is 0.260 e. The number of hydrogen-bond donors (Lipinski definition) is 0. The van der Waals surface area contributed by atoms with E-state index in [1.807, 2.05) is 0 Å². The van der Waals surface area contributed by atoms with Gasteiger partial charge < -0.3 is 9.15 Å². The van der Waals surface area contributed by atoms with Crippen molar-refractivity contribution in [3.63, 3.8) is 0 Å². The molecule has 0 saturated carbocycles. The fourth-order valence-corrected chi connectivity index (χ4v) is 6.26. The maximum absolute atomic E-state index is 14.3. The molecule has 188 valence electrons. The molecule has 2 aromatic carbocycles. The van der Waals surface area contributed by atoms with Crippen molar-refractivity contribution in [2.45, 2.75) is 30.4 Å². The van der Waals surface area contributed by atoms with Gasteiger partial charge in [-0.2, -0.15) is 4.31 Å². The monoisotopic (exact) mass is 529 g/mol. The molecule has 8 nitrogen and oxygen atoms in total. The lowest BCUT2D eigenvalue weighted by molar-refractivity contribution is 0.0978. The van der Waals surface area contributed by atoms with Crippen molar-refractivity contribution in [2.24, 2.45) is 0 Å². The molecule has 1 fully saturated rings. The number of nitrogens with zero attached hydrogens (tertiary/aromatic N) is 3. The molecule has 0 N–H and O–H groups in total. The highest BCUT2D eigenvalue weighted by Gasteiger charge is 2.27. The standard InChI is InChI=1S/C25H24FN3O5S2/c1-28(15-18-5-3-13-33-18)36(31,32)20-11-9-17(10-12-20)24(30)29(16-19-6-4-14-34-19)25-27-23-21(26)7-2-8-22(23)35-25/h2,4,6-12,14,18H,3,5,13,15-16H2,1H3. The van der Waals surface area contributed by atoms with Crippen LogP contribution in [-0.4, -0.2) is 49.9 Å². The summed E-state index contributed by atoms with van der Waals surface area (Å²) in [6.07, 6.45) is 3.14. The van der Waals surface area contributed by atoms with E-state index in [1.165, 1.54) is 64.2 Å². The second kappa shape index (κ2) is 10.1. The van der Waals surface area contributed by atoms with Crippen LogP contribution in [-0.2, 0) is 21.3 Å². The van der Waals surface area contributed by atoms with Crippen molar-refractivity contribution in [3.05, 3.63) is 78.0 Å². The molecule has 1 atom stereocenters. The molecule has 0 radical (unpaired) electrons. The van der Waals surface area contributed by atoms with Gasteiger partial charge in [-0.25, -0.2) is 17.8 Å². The summed E-state index contributed by atoms with van der Waals surface area (Å²) in [5.41, 5.74) is 0.451. The van der Waals surface area contributed by atoms with Crippen molar-refractivity contribution in [1.82, 2.24) is 9.29 Å². The Morgan fingerprint density at radius 2 is 1.97 bits per heavy atom. The van der Waals surface area contributed by atoms with Gasteiger partial charge in [0.05, 0.1) is 28.5 Å². The van der Waals surface area contributed by atoms with E-state index in [-0.39, 0.29) is 35.2 Å². The summed E-state index contributed by atoms with van der Waals surface area (Å²) in [6.45, 7) is 0.997. The fraction of sp³-hybridized carbons (Fsp3) is 0.280. The van der Waals surface area contributed by atoms with Crippen LogP contribution in [0.3, 0.4) is 0 Å². The van der Waals surface area contributed by atoms with Gasteiger partial charge in [0, 0.05) is 25.8 Å². The minimum absolute atomic E-state index is 0.0808. The van der Waals surface area contributed by atoms with Crippen molar-refractivity contribution < 1.29 is 26.8 Å². The fourth-order valence-electron chi connectivity index (χ4n) is 4.08. The van der Waals surface area contributed by atoms with Crippen LogP contribution in [0.25, 0.3) is 10.2 Å². The van der Waals surface area contributed by atoms with Gasteiger partial charge in [0.15, 0.2) is 5.13 Å². The Morgan fingerprint density at radius 3 is 2.64 bits per heavy atom. The summed E-state index contributed by atoms with van der Waals surface area (Å²) in [7, 11) is -2.22. The summed E-state index contributed by atoms with van der Waals surface area (Å²) in [5.74, 6) is -0.359. The maximum atomic E-state index is 14.3. The van der Waals surface area contributed by atoms with E-state index in [0.29, 0.717) is 22.2 Å². The third kappa shape index (κ3) is 4.92. The van der Waals surface area contributed by atoms with Gasteiger partial charge in [-0.05, 0) is 61.4 Å². The number of furan rings is 1. The number of ether oxygens (including phenoxy) is 1. The van der Waals surface area contributed by atoms with Gasteiger partial charge in [0.1, 0.15) is 17.1 Å². The first-order valence-corrected chi connectivity index (χ1v) is 13.7. The number of carbonyl (C=O) groups excluding carboxylic acids is 1. The van der Waals surface area contributed by atoms with Crippen LogP contribution in [0.4, 0.5) is 9.52 Å². The van der Waals surface area contributed by atoms with Crippen molar-refractivity contribution in [1.29, 1.82) is 0 Å². The number of para-hydroxylation sites is 1. The zero-order valence-electron chi connectivity index (χ0n) is 19.5. The first kappa shape index (κ1) is 24.6. The molecule has 1 amide bonds.